The molecule has 0 amide bonds. The van der Waals surface area contributed by atoms with Crippen LogP contribution in [0, 0.1) is 6.92 Å². The van der Waals surface area contributed by atoms with Gasteiger partial charge in [0, 0.05) is 11.1 Å². The molecule has 0 aliphatic rings. The summed E-state index contributed by atoms with van der Waals surface area (Å²) in [6, 6.07) is 5.12. The van der Waals surface area contributed by atoms with Gasteiger partial charge in [-0.3, -0.25) is 0 Å². The van der Waals surface area contributed by atoms with Crippen LogP contribution in [0.1, 0.15) is 34.0 Å². The van der Waals surface area contributed by atoms with Crippen molar-refractivity contribution in [3.8, 4) is 0 Å². The summed E-state index contributed by atoms with van der Waals surface area (Å²) in [7, 11) is 1.35. The summed E-state index contributed by atoms with van der Waals surface area (Å²) >= 11 is 1.57. The SMILES string of the molecule is COC(=O)c1cccc(N)c1NC(C)c1nc(C)cs1. The monoisotopic (exact) mass is 291 g/mol. The molecule has 0 aliphatic carbocycles. The second-order valence-electron chi connectivity index (χ2n) is 4.45. The fraction of sp³-hybridized carbons (Fsp3) is 0.286. The van der Waals surface area contributed by atoms with Crippen LogP contribution in [0.3, 0.4) is 0 Å². The van der Waals surface area contributed by atoms with Crippen LogP contribution in [0.2, 0.25) is 0 Å². The van der Waals surface area contributed by atoms with Crippen molar-refractivity contribution in [3.05, 3.63) is 39.8 Å². The maximum absolute atomic E-state index is 11.8. The number of nitrogen functional groups attached to an aromatic ring is 1. The smallest absolute Gasteiger partial charge is 0.340 e. The lowest BCUT2D eigenvalue weighted by Crippen LogP contribution is -2.13. The fourth-order valence-corrected chi connectivity index (χ4v) is 2.66. The number of anilines is 2. The average molecular weight is 291 g/mol. The van der Waals surface area contributed by atoms with E-state index < -0.39 is 5.97 Å². The maximum Gasteiger partial charge on any atom is 0.340 e. The van der Waals surface area contributed by atoms with Crippen molar-refractivity contribution >= 4 is 28.7 Å². The minimum Gasteiger partial charge on any atom is -0.465 e. The lowest BCUT2D eigenvalue weighted by molar-refractivity contribution is 0.0602. The number of carbonyl (C=O) groups is 1. The van der Waals surface area contributed by atoms with Crippen LogP contribution >= 0.6 is 11.3 Å². The Morgan fingerprint density at radius 3 is 2.85 bits per heavy atom. The van der Waals surface area contributed by atoms with Crippen molar-refractivity contribution in [3.63, 3.8) is 0 Å². The number of ether oxygens (including phenoxy) is 1. The molecular weight excluding hydrogens is 274 g/mol. The van der Waals surface area contributed by atoms with E-state index in [2.05, 4.69) is 10.3 Å². The first-order valence-corrected chi connectivity index (χ1v) is 7.06. The number of thiazole rings is 1. The van der Waals surface area contributed by atoms with Gasteiger partial charge in [-0.1, -0.05) is 6.07 Å². The van der Waals surface area contributed by atoms with E-state index in [-0.39, 0.29) is 6.04 Å². The molecular formula is C14H17N3O2S. The third-order valence-corrected chi connectivity index (χ3v) is 4.02. The van der Waals surface area contributed by atoms with Crippen molar-refractivity contribution in [1.82, 2.24) is 4.98 Å². The van der Waals surface area contributed by atoms with Crippen molar-refractivity contribution in [1.29, 1.82) is 0 Å². The van der Waals surface area contributed by atoms with Crippen LogP contribution in [-0.2, 0) is 4.74 Å². The summed E-state index contributed by atoms with van der Waals surface area (Å²) in [5.74, 6) is -0.415. The van der Waals surface area contributed by atoms with E-state index in [0.29, 0.717) is 16.9 Å². The van der Waals surface area contributed by atoms with E-state index in [1.165, 1.54) is 7.11 Å². The minimum atomic E-state index is -0.415. The third-order valence-electron chi connectivity index (χ3n) is 2.87. The number of carbonyl (C=O) groups excluding carboxylic acids is 1. The lowest BCUT2D eigenvalue weighted by Gasteiger charge is -2.17. The van der Waals surface area contributed by atoms with Gasteiger partial charge in [0.2, 0.25) is 0 Å². The lowest BCUT2D eigenvalue weighted by atomic mass is 10.1. The molecule has 106 valence electrons. The molecule has 1 aromatic carbocycles. The van der Waals surface area contributed by atoms with Crippen molar-refractivity contribution in [2.75, 3.05) is 18.2 Å². The summed E-state index contributed by atoms with van der Waals surface area (Å²) in [6.07, 6.45) is 0. The largest absolute Gasteiger partial charge is 0.465 e. The molecule has 1 unspecified atom stereocenters. The highest BCUT2D eigenvalue weighted by Gasteiger charge is 2.17. The number of para-hydroxylation sites is 1. The van der Waals surface area contributed by atoms with Crippen LogP contribution < -0.4 is 11.1 Å². The van der Waals surface area contributed by atoms with E-state index in [0.717, 1.165) is 10.7 Å². The van der Waals surface area contributed by atoms with Gasteiger partial charge in [0.15, 0.2) is 0 Å². The summed E-state index contributed by atoms with van der Waals surface area (Å²) in [5, 5.41) is 6.18. The molecule has 0 saturated heterocycles. The normalized spacial score (nSPS) is 11.9. The van der Waals surface area contributed by atoms with E-state index in [9.17, 15) is 4.79 Å². The number of aromatic nitrogens is 1. The summed E-state index contributed by atoms with van der Waals surface area (Å²) in [5.41, 5.74) is 8.45. The second kappa shape index (κ2) is 5.92. The molecule has 0 fully saturated rings. The first-order chi connectivity index (χ1) is 9.52. The van der Waals surface area contributed by atoms with E-state index >= 15 is 0 Å². The number of nitrogens with one attached hydrogen (secondary N) is 1. The van der Waals surface area contributed by atoms with Gasteiger partial charge in [-0.25, -0.2) is 9.78 Å². The van der Waals surface area contributed by atoms with Crippen molar-refractivity contribution in [2.45, 2.75) is 19.9 Å². The minimum absolute atomic E-state index is 0.0400. The zero-order valence-corrected chi connectivity index (χ0v) is 12.5. The van der Waals surface area contributed by atoms with E-state index in [1.807, 2.05) is 19.2 Å². The van der Waals surface area contributed by atoms with E-state index in [1.54, 1.807) is 29.5 Å². The molecule has 20 heavy (non-hydrogen) atoms. The molecule has 1 heterocycles. The Kier molecular flexibility index (Phi) is 4.24. The quantitative estimate of drug-likeness (QED) is 0.669. The highest BCUT2D eigenvalue weighted by atomic mass is 32.1. The molecule has 2 rings (SSSR count). The Morgan fingerprint density at radius 2 is 2.25 bits per heavy atom. The molecule has 3 N–H and O–H groups in total. The Hall–Kier alpha value is -2.08. The van der Waals surface area contributed by atoms with Crippen molar-refractivity contribution < 1.29 is 9.53 Å². The van der Waals surface area contributed by atoms with Gasteiger partial charge in [-0.2, -0.15) is 0 Å². The van der Waals surface area contributed by atoms with Gasteiger partial charge >= 0.3 is 5.97 Å². The number of hydrogen-bond donors (Lipinski definition) is 2. The Morgan fingerprint density at radius 1 is 1.50 bits per heavy atom. The van der Waals surface area contributed by atoms with Gasteiger partial charge in [0.1, 0.15) is 5.01 Å². The molecule has 1 aromatic heterocycles. The number of esters is 1. The maximum atomic E-state index is 11.8. The van der Waals surface area contributed by atoms with Gasteiger partial charge in [-0.05, 0) is 26.0 Å². The number of methoxy groups -OCH3 is 1. The number of nitrogens with two attached hydrogens (primary N) is 1. The summed E-state index contributed by atoms with van der Waals surface area (Å²) in [6.45, 7) is 3.93. The third kappa shape index (κ3) is 2.91. The molecule has 0 saturated carbocycles. The highest BCUT2D eigenvalue weighted by molar-refractivity contribution is 7.09. The van der Waals surface area contributed by atoms with Gasteiger partial charge in [0.05, 0.1) is 30.1 Å². The molecule has 0 aliphatic heterocycles. The van der Waals surface area contributed by atoms with Crippen LogP contribution in [-0.4, -0.2) is 18.1 Å². The highest BCUT2D eigenvalue weighted by Crippen LogP contribution is 2.29. The molecule has 0 radical (unpaired) electrons. The second-order valence-corrected chi connectivity index (χ2v) is 5.34. The van der Waals surface area contributed by atoms with Crippen LogP contribution in [0.25, 0.3) is 0 Å². The van der Waals surface area contributed by atoms with Gasteiger partial charge in [0.25, 0.3) is 0 Å². The summed E-state index contributed by atoms with van der Waals surface area (Å²) < 4.78 is 4.78. The fourth-order valence-electron chi connectivity index (χ4n) is 1.86. The van der Waals surface area contributed by atoms with Crippen LogP contribution in [0.5, 0.6) is 0 Å². The predicted octanol–water partition coefficient (Wildman–Crippen LogP) is 2.99. The van der Waals surface area contributed by atoms with Crippen LogP contribution in [0.4, 0.5) is 11.4 Å². The Balaban J connectivity index is 2.30. The van der Waals surface area contributed by atoms with Crippen molar-refractivity contribution in [2.24, 2.45) is 0 Å². The summed E-state index contributed by atoms with van der Waals surface area (Å²) in [4.78, 5) is 16.2. The first kappa shape index (κ1) is 14.3. The molecule has 0 spiro atoms. The molecule has 0 bridgehead atoms. The van der Waals surface area contributed by atoms with Crippen LogP contribution in [0.15, 0.2) is 23.6 Å². The molecule has 2 aromatic rings. The van der Waals surface area contributed by atoms with Gasteiger partial charge < -0.3 is 15.8 Å². The van der Waals surface area contributed by atoms with Gasteiger partial charge in [-0.15, -0.1) is 11.3 Å². The first-order valence-electron chi connectivity index (χ1n) is 6.18. The zero-order valence-electron chi connectivity index (χ0n) is 11.6. The molecule has 6 heteroatoms. The standard InChI is InChI=1S/C14H17N3O2S/c1-8-7-20-13(16-8)9(2)17-12-10(14(18)19-3)5-4-6-11(12)15/h4-7,9,17H,15H2,1-3H3. The number of rotatable bonds is 4. The zero-order chi connectivity index (χ0) is 14.7. The Labute approximate surface area is 121 Å². The molecule has 1 atom stereocenters. The number of hydrogen-bond acceptors (Lipinski definition) is 6. The number of nitrogens with zero attached hydrogens (tertiary/aromatic N) is 1. The van der Waals surface area contributed by atoms with E-state index in [4.69, 9.17) is 10.5 Å². The Bertz CT molecular complexity index is 625. The molecule has 5 nitrogen and oxygen atoms in total. The number of benzene rings is 1. The average Bonchev–Trinajstić information content (AvgIpc) is 2.87. The number of aryl methyl sites for hydroxylation is 1. The topological polar surface area (TPSA) is 77.2 Å². The predicted molar refractivity (Wildman–Crippen MR) is 81.1 cm³/mol.